The molecule has 0 unspecified atom stereocenters. The van der Waals surface area contributed by atoms with Gasteiger partial charge in [0.1, 0.15) is 29.7 Å². The third-order valence-electron chi connectivity index (χ3n) is 8.06. The molecule has 0 radical (unpaired) electrons. The number of amides is 1. The lowest BCUT2D eigenvalue weighted by molar-refractivity contribution is -0.0348. The number of halogens is 1. The summed E-state index contributed by atoms with van der Waals surface area (Å²) < 4.78 is 26.9. The number of pyridine rings is 1. The van der Waals surface area contributed by atoms with Crippen LogP contribution in [0.4, 0.5) is 10.2 Å². The van der Waals surface area contributed by atoms with Crippen LogP contribution in [0.2, 0.25) is 0 Å². The zero-order chi connectivity index (χ0) is 28.0. The van der Waals surface area contributed by atoms with Crippen LogP contribution in [-0.2, 0) is 13.1 Å². The van der Waals surface area contributed by atoms with Gasteiger partial charge in [-0.25, -0.2) is 14.4 Å². The Kier molecular flexibility index (Phi) is 6.82. The van der Waals surface area contributed by atoms with Gasteiger partial charge in [-0.05, 0) is 64.8 Å². The van der Waals surface area contributed by atoms with Crippen LogP contribution >= 0.6 is 0 Å². The van der Waals surface area contributed by atoms with Crippen molar-refractivity contribution in [3.8, 4) is 17.2 Å². The first-order valence-electron chi connectivity index (χ1n) is 13.9. The van der Waals surface area contributed by atoms with E-state index in [4.69, 9.17) is 9.47 Å². The molecule has 1 saturated carbocycles. The number of anilines is 1. The molecule has 2 fully saturated rings. The van der Waals surface area contributed by atoms with Crippen molar-refractivity contribution >= 4 is 11.7 Å². The lowest BCUT2D eigenvalue weighted by Crippen LogP contribution is -2.65. The zero-order valence-electron chi connectivity index (χ0n) is 23.4. The molecule has 10 heteroatoms. The van der Waals surface area contributed by atoms with Crippen molar-refractivity contribution < 1.29 is 18.7 Å². The molecule has 9 nitrogen and oxygen atoms in total. The molecule has 2 aromatic heterocycles. The molecule has 1 saturated heterocycles. The van der Waals surface area contributed by atoms with Crippen LogP contribution in [0.5, 0.6) is 17.2 Å². The second-order valence-electron chi connectivity index (χ2n) is 11.7. The van der Waals surface area contributed by atoms with Crippen molar-refractivity contribution in [2.24, 2.45) is 5.41 Å². The summed E-state index contributed by atoms with van der Waals surface area (Å²) >= 11 is 0. The van der Waals surface area contributed by atoms with Crippen molar-refractivity contribution in [2.45, 2.75) is 71.8 Å². The predicted octanol–water partition coefficient (Wildman–Crippen LogP) is 4.71. The number of carbonyl (C=O) groups is 1. The SMILES string of the molecule is CC(C)N(C(=O)c1cc(F)ccc1Oc1cncnc1N1CC2(CC(Oc3ccnc4c3CNC4)C2)C1)C(C)C. The number of hydrogen-bond acceptors (Lipinski definition) is 8. The average molecular weight is 547 g/mol. The second-order valence-corrected chi connectivity index (χ2v) is 11.7. The smallest absolute Gasteiger partial charge is 0.258 e. The molecule has 1 aliphatic carbocycles. The first-order valence-corrected chi connectivity index (χ1v) is 13.9. The van der Waals surface area contributed by atoms with Crippen LogP contribution in [-0.4, -0.2) is 57.0 Å². The van der Waals surface area contributed by atoms with Crippen LogP contribution in [0.1, 0.15) is 62.2 Å². The highest BCUT2D eigenvalue weighted by atomic mass is 19.1. The number of carbonyl (C=O) groups excluding carboxylic acids is 1. The summed E-state index contributed by atoms with van der Waals surface area (Å²) in [4.78, 5) is 30.4. The molecule has 1 spiro atoms. The van der Waals surface area contributed by atoms with Crippen molar-refractivity contribution in [1.82, 2.24) is 25.2 Å². The summed E-state index contributed by atoms with van der Waals surface area (Å²) in [6.07, 6.45) is 7.05. The fourth-order valence-corrected chi connectivity index (χ4v) is 6.31. The summed E-state index contributed by atoms with van der Waals surface area (Å²) in [5, 5.41) is 3.34. The molecule has 210 valence electrons. The van der Waals surface area contributed by atoms with Gasteiger partial charge in [-0.1, -0.05) is 0 Å². The van der Waals surface area contributed by atoms with E-state index in [2.05, 4.69) is 25.2 Å². The van der Waals surface area contributed by atoms with Gasteiger partial charge in [-0.3, -0.25) is 9.78 Å². The molecule has 2 aliphatic heterocycles. The second kappa shape index (κ2) is 10.3. The molecule has 0 atom stereocenters. The lowest BCUT2D eigenvalue weighted by atomic mass is 9.61. The first kappa shape index (κ1) is 26.4. The van der Waals surface area contributed by atoms with Gasteiger partial charge in [0, 0.05) is 55.4 Å². The number of nitrogens with zero attached hydrogens (tertiary/aromatic N) is 5. The van der Waals surface area contributed by atoms with E-state index in [0.29, 0.717) is 11.6 Å². The molecule has 3 aromatic rings. The van der Waals surface area contributed by atoms with E-state index in [-0.39, 0.29) is 40.8 Å². The van der Waals surface area contributed by atoms with Gasteiger partial charge >= 0.3 is 0 Å². The minimum absolute atomic E-state index is 0.0528. The Morgan fingerprint density at radius 1 is 1.07 bits per heavy atom. The highest BCUT2D eigenvalue weighted by Gasteiger charge is 2.54. The molecular weight excluding hydrogens is 511 g/mol. The third-order valence-corrected chi connectivity index (χ3v) is 8.06. The van der Waals surface area contributed by atoms with Gasteiger partial charge in [0.25, 0.3) is 5.91 Å². The van der Waals surface area contributed by atoms with Gasteiger partial charge in [-0.2, -0.15) is 0 Å². The number of aromatic nitrogens is 3. The molecule has 1 N–H and O–H groups in total. The molecule has 40 heavy (non-hydrogen) atoms. The van der Waals surface area contributed by atoms with Crippen LogP contribution in [0, 0.1) is 11.2 Å². The van der Waals surface area contributed by atoms with Crippen LogP contribution in [0.3, 0.4) is 0 Å². The van der Waals surface area contributed by atoms with Crippen LogP contribution in [0.15, 0.2) is 43.0 Å². The monoisotopic (exact) mass is 546 g/mol. The van der Waals surface area contributed by atoms with Gasteiger partial charge in [-0.15, -0.1) is 0 Å². The van der Waals surface area contributed by atoms with Crippen LogP contribution in [0.25, 0.3) is 0 Å². The summed E-state index contributed by atoms with van der Waals surface area (Å²) in [7, 11) is 0. The van der Waals surface area contributed by atoms with Crippen LogP contribution < -0.4 is 19.7 Å². The molecule has 6 rings (SSSR count). The van der Waals surface area contributed by atoms with E-state index < -0.39 is 5.82 Å². The summed E-state index contributed by atoms with van der Waals surface area (Å²) in [6, 6.07) is 5.89. The van der Waals surface area contributed by atoms with Crippen molar-refractivity contribution in [1.29, 1.82) is 0 Å². The molecule has 1 amide bonds. The number of hydrogen-bond donors (Lipinski definition) is 1. The summed E-state index contributed by atoms with van der Waals surface area (Å²) in [5.41, 5.74) is 2.61. The van der Waals surface area contributed by atoms with E-state index in [1.807, 2.05) is 40.0 Å². The molecule has 1 aromatic carbocycles. The maximum absolute atomic E-state index is 14.3. The van der Waals surface area contributed by atoms with E-state index in [1.54, 1.807) is 11.1 Å². The summed E-state index contributed by atoms with van der Waals surface area (Å²) in [5.74, 6) is 1.54. The number of fused-ring (bicyclic) bond motifs is 1. The Balaban J connectivity index is 1.14. The molecule has 0 bridgehead atoms. The Morgan fingerprint density at radius 3 is 2.60 bits per heavy atom. The Morgan fingerprint density at radius 2 is 1.85 bits per heavy atom. The number of nitrogens with one attached hydrogen (secondary N) is 1. The number of rotatable bonds is 8. The van der Waals surface area contributed by atoms with Gasteiger partial charge in [0.15, 0.2) is 11.6 Å². The number of benzene rings is 1. The fourth-order valence-electron chi connectivity index (χ4n) is 6.31. The lowest BCUT2D eigenvalue weighted by Gasteiger charge is -2.58. The van der Waals surface area contributed by atoms with E-state index in [1.165, 1.54) is 30.1 Å². The first-order chi connectivity index (χ1) is 19.2. The topological polar surface area (TPSA) is 92.7 Å². The third kappa shape index (κ3) is 4.85. The minimum atomic E-state index is -0.493. The van der Waals surface area contributed by atoms with E-state index in [9.17, 15) is 9.18 Å². The Hall–Kier alpha value is -3.79. The van der Waals surface area contributed by atoms with E-state index in [0.717, 1.165) is 50.5 Å². The maximum atomic E-state index is 14.3. The highest BCUT2D eigenvalue weighted by Crippen LogP contribution is 2.52. The van der Waals surface area contributed by atoms with E-state index >= 15 is 0 Å². The number of ether oxygens (including phenoxy) is 2. The van der Waals surface area contributed by atoms with Crippen molar-refractivity contribution in [3.05, 3.63) is 65.6 Å². The zero-order valence-corrected chi connectivity index (χ0v) is 23.4. The molecule has 3 aliphatic rings. The minimum Gasteiger partial charge on any atom is -0.490 e. The Bertz CT molecular complexity index is 1410. The Labute approximate surface area is 233 Å². The predicted molar refractivity (Wildman–Crippen MR) is 148 cm³/mol. The van der Waals surface area contributed by atoms with Crippen molar-refractivity contribution in [2.75, 3.05) is 18.0 Å². The quantitative estimate of drug-likeness (QED) is 0.434. The van der Waals surface area contributed by atoms with Gasteiger partial charge < -0.3 is 24.6 Å². The average Bonchev–Trinajstić information content (AvgIpc) is 3.36. The largest absolute Gasteiger partial charge is 0.490 e. The highest BCUT2D eigenvalue weighted by molar-refractivity contribution is 5.97. The van der Waals surface area contributed by atoms with Gasteiger partial charge in [0.2, 0.25) is 0 Å². The molecular formula is C30H35FN6O3. The van der Waals surface area contributed by atoms with Gasteiger partial charge in [0.05, 0.1) is 17.5 Å². The maximum Gasteiger partial charge on any atom is 0.258 e. The molecule has 4 heterocycles. The fraction of sp³-hybridized carbons (Fsp3) is 0.467. The standard InChI is InChI=1S/C30H35FN6O3/c1-18(2)37(19(3)4)29(38)22-9-20(31)5-6-25(22)40-27-14-33-17-35-28(27)36-15-30(16-36)10-21(11-30)39-26-7-8-34-24-13-32-12-23(24)26/h5-9,14,17-19,21,32H,10-13,15-16H2,1-4H3. The normalized spacial score (nSPS) is 17.5. The van der Waals surface area contributed by atoms with Crippen molar-refractivity contribution in [3.63, 3.8) is 0 Å². The summed E-state index contributed by atoms with van der Waals surface area (Å²) in [6.45, 7) is 11.0.